The first-order valence-electron chi connectivity index (χ1n) is 10.6. The molecule has 2 heterocycles. The molecule has 0 amide bonds. The number of methoxy groups -OCH3 is 3. The standard InChI is InChI=1S/C24H24N4O5/c1-30-16-6-4-13(5-7-16)14-10-19-21(20(29)11-14)22(26-24-23(25-19)27-33-28-24)15-8-17(31-2)12-18(9-15)32-3/h4-9,12,14,22H,10-11H2,1-3H3,(H,25,27)(H,26,28)/t14-,22+/m1/s1. The molecular weight excluding hydrogens is 424 g/mol. The van der Waals surface area contributed by atoms with E-state index in [4.69, 9.17) is 18.8 Å². The molecule has 0 bridgehead atoms. The third kappa shape index (κ3) is 3.86. The minimum absolute atomic E-state index is 0.0246. The van der Waals surface area contributed by atoms with Gasteiger partial charge in [-0.15, -0.1) is 0 Å². The molecule has 9 nitrogen and oxygen atoms in total. The Bertz CT molecular complexity index is 1200. The van der Waals surface area contributed by atoms with E-state index in [9.17, 15) is 4.79 Å². The van der Waals surface area contributed by atoms with Gasteiger partial charge in [0.05, 0.1) is 27.4 Å². The molecule has 0 saturated carbocycles. The van der Waals surface area contributed by atoms with E-state index < -0.39 is 6.04 Å². The Hall–Kier alpha value is -4.01. The first-order valence-corrected chi connectivity index (χ1v) is 10.6. The van der Waals surface area contributed by atoms with Gasteiger partial charge in [0.15, 0.2) is 5.78 Å². The summed E-state index contributed by atoms with van der Waals surface area (Å²) in [5, 5.41) is 14.6. The fourth-order valence-electron chi connectivity index (χ4n) is 4.46. The lowest BCUT2D eigenvalue weighted by Crippen LogP contribution is -2.27. The average Bonchev–Trinajstić information content (AvgIpc) is 3.22. The fraction of sp³-hybridized carbons (Fsp3) is 0.292. The number of hydrogen-bond donors (Lipinski definition) is 2. The van der Waals surface area contributed by atoms with Crippen molar-refractivity contribution in [2.24, 2.45) is 0 Å². The van der Waals surface area contributed by atoms with Gasteiger partial charge >= 0.3 is 0 Å². The number of fused-ring (bicyclic) bond motifs is 1. The van der Waals surface area contributed by atoms with Crippen LogP contribution >= 0.6 is 0 Å². The molecule has 2 aromatic carbocycles. The highest BCUT2D eigenvalue weighted by atomic mass is 16.6. The van der Waals surface area contributed by atoms with Gasteiger partial charge in [0.1, 0.15) is 17.2 Å². The van der Waals surface area contributed by atoms with Gasteiger partial charge in [-0.05, 0) is 58.0 Å². The minimum Gasteiger partial charge on any atom is -0.497 e. The maximum absolute atomic E-state index is 13.6. The maximum atomic E-state index is 13.6. The number of hydrogen-bond acceptors (Lipinski definition) is 9. The number of nitrogens with one attached hydrogen (secondary N) is 2. The van der Waals surface area contributed by atoms with Crippen molar-refractivity contribution in [3.63, 3.8) is 0 Å². The summed E-state index contributed by atoms with van der Waals surface area (Å²) >= 11 is 0. The normalized spacial score (nSPS) is 19.5. The van der Waals surface area contributed by atoms with Crippen LogP contribution < -0.4 is 24.8 Å². The van der Waals surface area contributed by atoms with Crippen molar-refractivity contribution >= 4 is 17.4 Å². The largest absolute Gasteiger partial charge is 0.497 e. The lowest BCUT2D eigenvalue weighted by atomic mass is 9.78. The van der Waals surface area contributed by atoms with Gasteiger partial charge in [0.2, 0.25) is 11.6 Å². The Morgan fingerprint density at radius 3 is 2.18 bits per heavy atom. The summed E-state index contributed by atoms with van der Waals surface area (Å²) in [6.07, 6.45) is 1.03. The Morgan fingerprint density at radius 2 is 1.52 bits per heavy atom. The molecule has 2 N–H and O–H groups in total. The van der Waals surface area contributed by atoms with Crippen molar-refractivity contribution in [1.29, 1.82) is 0 Å². The summed E-state index contributed by atoms with van der Waals surface area (Å²) in [6.45, 7) is 0. The smallest absolute Gasteiger partial charge is 0.219 e. The van der Waals surface area contributed by atoms with Crippen molar-refractivity contribution in [1.82, 2.24) is 10.3 Å². The number of Topliss-reactive ketones (excluding diaryl/α,β-unsaturated/α-hetero) is 1. The summed E-state index contributed by atoms with van der Waals surface area (Å²) in [5.74, 6) is 2.99. The van der Waals surface area contributed by atoms with Crippen LogP contribution in [0.15, 0.2) is 58.4 Å². The molecule has 2 atom stereocenters. The zero-order valence-electron chi connectivity index (χ0n) is 18.5. The molecular formula is C24H24N4O5. The zero-order chi connectivity index (χ0) is 22.9. The third-order valence-electron chi connectivity index (χ3n) is 6.13. The van der Waals surface area contributed by atoms with Crippen molar-refractivity contribution in [2.75, 3.05) is 32.0 Å². The Labute approximate surface area is 190 Å². The van der Waals surface area contributed by atoms with E-state index in [0.29, 0.717) is 41.5 Å². The van der Waals surface area contributed by atoms with E-state index in [1.165, 1.54) is 0 Å². The van der Waals surface area contributed by atoms with Crippen LogP contribution in [0.5, 0.6) is 17.2 Å². The first kappa shape index (κ1) is 20.9. The van der Waals surface area contributed by atoms with Crippen molar-refractivity contribution < 1.29 is 23.6 Å². The number of rotatable bonds is 5. The average molecular weight is 448 g/mol. The van der Waals surface area contributed by atoms with E-state index in [0.717, 1.165) is 22.6 Å². The fourth-order valence-corrected chi connectivity index (χ4v) is 4.46. The molecule has 5 rings (SSSR count). The van der Waals surface area contributed by atoms with Crippen LogP contribution in [0.4, 0.5) is 11.6 Å². The molecule has 0 radical (unpaired) electrons. The number of allylic oxidation sites excluding steroid dienone is 1. The summed E-state index contributed by atoms with van der Waals surface area (Å²) < 4.78 is 21.1. The van der Waals surface area contributed by atoms with Crippen LogP contribution in [0.25, 0.3) is 0 Å². The van der Waals surface area contributed by atoms with Gasteiger partial charge in [-0.2, -0.15) is 0 Å². The quantitative estimate of drug-likeness (QED) is 0.597. The lowest BCUT2D eigenvalue weighted by Gasteiger charge is -2.30. The van der Waals surface area contributed by atoms with Gasteiger partial charge in [0.25, 0.3) is 0 Å². The molecule has 0 saturated heterocycles. The molecule has 0 fully saturated rings. The summed E-state index contributed by atoms with van der Waals surface area (Å²) in [4.78, 5) is 13.6. The second-order valence-corrected chi connectivity index (χ2v) is 8.00. The predicted octanol–water partition coefficient (Wildman–Crippen LogP) is 4.07. The zero-order valence-corrected chi connectivity index (χ0v) is 18.5. The second kappa shape index (κ2) is 8.50. The highest BCUT2D eigenvalue weighted by Gasteiger charge is 2.37. The summed E-state index contributed by atoms with van der Waals surface area (Å²) in [7, 11) is 4.82. The molecule has 2 aliphatic rings. The topological polar surface area (TPSA) is 108 Å². The van der Waals surface area contributed by atoms with Gasteiger partial charge < -0.3 is 24.8 Å². The number of ketones is 1. The summed E-state index contributed by atoms with van der Waals surface area (Å²) in [5.41, 5.74) is 3.33. The molecule has 1 aliphatic heterocycles. The van der Waals surface area contributed by atoms with Gasteiger partial charge in [-0.3, -0.25) is 4.79 Å². The van der Waals surface area contributed by atoms with Crippen molar-refractivity contribution in [2.45, 2.75) is 24.8 Å². The van der Waals surface area contributed by atoms with E-state index in [1.807, 2.05) is 36.4 Å². The van der Waals surface area contributed by atoms with Gasteiger partial charge in [-0.1, -0.05) is 12.1 Å². The van der Waals surface area contributed by atoms with Gasteiger partial charge in [-0.25, -0.2) is 4.63 Å². The molecule has 1 aromatic heterocycles. The van der Waals surface area contributed by atoms with Crippen LogP contribution in [0.3, 0.4) is 0 Å². The highest BCUT2D eigenvalue weighted by molar-refractivity contribution is 6.00. The third-order valence-corrected chi connectivity index (χ3v) is 6.13. The number of benzene rings is 2. The number of anilines is 2. The van der Waals surface area contributed by atoms with Crippen LogP contribution in [-0.2, 0) is 4.79 Å². The number of aromatic nitrogens is 2. The first-order chi connectivity index (χ1) is 16.1. The molecule has 170 valence electrons. The van der Waals surface area contributed by atoms with Crippen molar-refractivity contribution in [3.05, 3.63) is 64.9 Å². The number of carbonyl (C=O) groups excluding carboxylic acids is 1. The van der Waals surface area contributed by atoms with E-state index >= 15 is 0 Å². The van der Waals surface area contributed by atoms with E-state index in [2.05, 4.69) is 20.9 Å². The summed E-state index contributed by atoms with van der Waals surface area (Å²) in [6, 6.07) is 12.9. The maximum Gasteiger partial charge on any atom is 0.219 e. The predicted molar refractivity (Wildman–Crippen MR) is 121 cm³/mol. The molecule has 3 aromatic rings. The highest BCUT2D eigenvalue weighted by Crippen LogP contribution is 2.44. The molecule has 33 heavy (non-hydrogen) atoms. The molecule has 1 aliphatic carbocycles. The minimum atomic E-state index is -0.478. The van der Waals surface area contributed by atoms with Crippen molar-refractivity contribution in [3.8, 4) is 17.2 Å². The Morgan fingerprint density at radius 1 is 0.848 bits per heavy atom. The monoisotopic (exact) mass is 448 g/mol. The van der Waals surface area contributed by atoms with Crippen LogP contribution in [0, 0.1) is 0 Å². The van der Waals surface area contributed by atoms with Crippen LogP contribution in [-0.4, -0.2) is 37.4 Å². The number of carbonyl (C=O) groups is 1. The molecule has 0 unspecified atom stereocenters. The van der Waals surface area contributed by atoms with E-state index in [1.54, 1.807) is 27.4 Å². The van der Waals surface area contributed by atoms with Gasteiger partial charge in [0, 0.05) is 23.8 Å². The second-order valence-electron chi connectivity index (χ2n) is 8.00. The van der Waals surface area contributed by atoms with E-state index in [-0.39, 0.29) is 11.7 Å². The Balaban J connectivity index is 1.58. The van der Waals surface area contributed by atoms with Crippen LogP contribution in [0.2, 0.25) is 0 Å². The lowest BCUT2D eigenvalue weighted by molar-refractivity contribution is -0.116. The number of ether oxygens (including phenoxy) is 3. The number of nitrogens with zero attached hydrogens (tertiary/aromatic N) is 2. The Kier molecular flexibility index (Phi) is 5.37. The molecule has 9 heteroatoms. The molecule has 0 spiro atoms. The SMILES string of the molecule is COc1ccc([C@H]2CC(=O)C3=C(C2)Nc2nonc2N[C@H]3c2cc(OC)cc(OC)c2)cc1. The van der Waals surface area contributed by atoms with Crippen LogP contribution in [0.1, 0.15) is 35.9 Å².